The number of aromatic amines is 2. The first-order valence-corrected chi connectivity index (χ1v) is 10.2. The molecule has 154 valence electrons. The lowest BCUT2D eigenvalue weighted by molar-refractivity contribution is 0.314. The van der Waals surface area contributed by atoms with Crippen LogP contribution in [0.2, 0.25) is 0 Å². The molecular weight excluding hydrogens is 382 g/mol. The van der Waals surface area contributed by atoms with E-state index >= 15 is 0 Å². The number of H-pyrrole nitrogens is 2. The highest BCUT2D eigenvalue weighted by molar-refractivity contribution is 5.93. The van der Waals surface area contributed by atoms with Gasteiger partial charge in [0.25, 0.3) is 11.1 Å². The summed E-state index contributed by atoms with van der Waals surface area (Å²) in [6.45, 7) is 5.35. The molecule has 3 N–H and O–H groups in total. The molecule has 1 aliphatic heterocycles. The molecule has 0 saturated carbocycles. The molecule has 0 amide bonds. The van der Waals surface area contributed by atoms with Gasteiger partial charge in [-0.3, -0.25) is 19.4 Å². The Morgan fingerprint density at radius 1 is 1.13 bits per heavy atom. The Morgan fingerprint density at radius 2 is 1.93 bits per heavy atom. The lowest BCUT2D eigenvalue weighted by Gasteiger charge is -2.13. The third kappa shape index (κ3) is 3.09. The molecule has 30 heavy (non-hydrogen) atoms. The number of hydrogen-bond donors (Lipinski definition) is 3. The molecule has 2 aromatic heterocycles. The minimum atomic E-state index is -0.370. The van der Waals surface area contributed by atoms with Crippen LogP contribution in [0.1, 0.15) is 18.4 Å². The number of aromatic hydroxyl groups is 1. The van der Waals surface area contributed by atoms with E-state index in [1.807, 2.05) is 6.92 Å². The molecule has 3 heterocycles. The maximum Gasteiger partial charge on any atom is 0.275 e. The van der Waals surface area contributed by atoms with Crippen molar-refractivity contribution in [1.82, 2.24) is 24.6 Å². The van der Waals surface area contributed by atoms with Gasteiger partial charge >= 0.3 is 0 Å². The molecule has 1 fully saturated rings. The summed E-state index contributed by atoms with van der Waals surface area (Å²) in [6.07, 6.45) is 2.41. The van der Waals surface area contributed by atoms with Gasteiger partial charge < -0.3 is 15.0 Å². The van der Waals surface area contributed by atoms with Crippen LogP contribution in [-0.2, 0) is 6.54 Å². The third-order valence-corrected chi connectivity index (χ3v) is 5.80. The summed E-state index contributed by atoms with van der Waals surface area (Å²) in [7, 11) is 0. The predicted molar refractivity (Wildman–Crippen MR) is 116 cm³/mol. The lowest BCUT2D eigenvalue weighted by Crippen LogP contribution is -2.28. The molecule has 0 spiro atoms. The first-order valence-electron chi connectivity index (χ1n) is 10.2. The van der Waals surface area contributed by atoms with E-state index in [0.29, 0.717) is 34.0 Å². The molecule has 1 aliphatic rings. The first kappa shape index (κ1) is 18.6. The molecule has 2 aromatic carbocycles. The third-order valence-electron chi connectivity index (χ3n) is 5.80. The Labute approximate surface area is 171 Å². The average molecular weight is 405 g/mol. The molecule has 8 nitrogen and oxygen atoms in total. The summed E-state index contributed by atoms with van der Waals surface area (Å²) in [5, 5.41) is 14.0. The van der Waals surface area contributed by atoms with Crippen molar-refractivity contribution in [2.75, 3.05) is 19.6 Å². The first-order chi connectivity index (χ1) is 14.5. The number of likely N-dealkylation sites (tertiary alicyclic amines) is 1. The van der Waals surface area contributed by atoms with Gasteiger partial charge in [0.05, 0.1) is 23.0 Å². The van der Waals surface area contributed by atoms with Crippen molar-refractivity contribution in [3.05, 3.63) is 56.6 Å². The Bertz CT molecular complexity index is 1380. The van der Waals surface area contributed by atoms with Gasteiger partial charge in [-0.05, 0) is 56.6 Å². The van der Waals surface area contributed by atoms with Gasteiger partial charge in [0.15, 0.2) is 0 Å². The number of hydrogen-bond acceptors (Lipinski definition) is 5. The minimum absolute atomic E-state index is 0.00588. The van der Waals surface area contributed by atoms with Gasteiger partial charge in [0.2, 0.25) is 0 Å². The molecule has 0 atom stereocenters. The van der Waals surface area contributed by atoms with Gasteiger partial charge in [-0.15, -0.1) is 0 Å². The van der Waals surface area contributed by atoms with Crippen LogP contribution >= 0.6 is 0 Å². The standard InChI is InChI=1S/C22H23N5O3/c1-13-11-16-20(17(28)12-13)24-19(21(29)23-16)14-5-4-6-15-18(14)25-27(22(15)30)10-9-26-7-2-3-8-26/h4-6,11-12,25,28H,2-3,7-10H2,1H3,(H,23,29). The van der Waals surface area contributed by atoms with Crippen LogP contribution in [0.25, 0.3) is 33.2 Å². The van der Waals surface area contributed by atoms with Crippen LogP contribution in [0.5, 0.6) is 5.75 Å². The molecule has 4 aromatic rings. The number of phenols is 1. The summed E-state index contributed by atoms with van der Waals surface area (Å²) in [4.78, 5) is 35.3. The van der Waals surface area contributed by atoms with Crippen LogP contribution < -0.4 is 11.1 Å². The van der Waals surface area contributed by atoms with Crippen molar-refractivity contribution in [2.24, 2.45) is 0 Å². The van der Waals surface area contributed by atoms with Gasteiger partial charge in [0, 0.05) is 12.1 Å². The summed E-state index contributed by atoms with van der Waals surface area (Å²) < 4.78 is 1.60. The van der Waals surface area contributed by atoms with E-state index in [1.165, 1.54) is 12.8 Å². The fourth-order valence-corrected chi connectivity index (χ4v) is 4.28. The summed E-state index contributed by atoms with van der Waals surface area (Å²) >= 11 is 0. The number of phenolic OH excluding ortho intramolecular Hbond substituents is 1. The summed E-state index contributed by atoms with van der Waals surface area (Å²) in [5.41, 5.74) is 2.42. The van der Waals surface area contributed by atoms with E-state index in [9.17, 15) is 14.7 Å². The maximum atomic E-state index is 12.9. The number of aromatic nitrogens is 4. The van der Waals surface area contributed by atoms with Crippen LogP contribution in [0.15, 0.2) is 39.9 Å². The molecule has 0 radical (unpaired) electrons. The highest BCUT2D eigenvalue weighted by atomic mass is 16.3. The molecule has 1 saturated heterocycles. The Balaban J connectivity index is 1.62. The number of fused-ring (bicyclic) bond motifs is 2. The zero-order valence-corrected chi connectivity index (χ0v) is 16.7. The van der Waals surface area contributed by atoms with Crippen molar-refractivity contribution < 1.29 is 5.11 Å². The van der Waals surface area contributed by atoms with Gasteiger partial charge in [-0.1, -0.05) is 12.1 Å². The zero-order valence-electron chi connectivity index (χ0n) is 16.7. The molecular formula is C22H23N5O3. The lowest BCUT2D eigenvalue weighted by atomic mass is 10.1. The number of nitrogens with zero attached hydrogens (tertiary/aromatic N) is 3. The summed E-state index contributed by atoms with van der Waals surface area (Å²) in [6, 6.07) is 8.63. The molecule has 0 bridgehead atoms. The topological polar surface area (TPSA) is 107 Å². The number of aryl methyl sites for hydroxylation is 1. The highest BCUT2D eigenvalue weighted by Gasteiger charge is 2.18. The van der Waals surface area contributed by atoms with Crippen LogP contribution in [-0.4, -0.2) is 49.4 Å². The number of para-hydroxylation sites is 1. The second-order valence-corrected chi connectivity index (χ2v) is 7.94. The van der Waals surface area contributed by atoms with E-state index in [0.717, 1.165) is 25.2 Å². The molecule has 8 heteroatoms. The smallest absolute Gasteiger partial charge is 0.275 e. The minimum Gasteiger partial charge on any atom is -0.506 e. The normalized spacial score (nSPS) is 14.8. The molecule has 5 rings (SSSR count). The van der Waals surface area contributed by atoms with Crippen LogP contribution in [0.4, 0.5) is 0 Å². The zero-order chi connectivity index (χ0) is 20.8. The number of benzene rings is 2. The average Bonchev–Trinajstić information content (AvgIpc) is 3.34. The fourth-order valence-electron chi connectivity index (χ4n) is 4.28. The maximum absolute atomic E-state index is 12.9. The quantitative estimate of drug-likeness (QED) is 0.483. The van der Waals surface area contributed by atoms with Crippen molar-refractivity contribution >= 4 is 21.9 Å². The Kier molecular flexibility index (Phi) is 4.43. The highest BCUT2D eigenvalue weighted by Crippen LogP contribution is 2.27. The van der Waals surface area contributed by atoms with Gasteiger partial charge in [-0.25, -0.2) is 4.98 Å². The van der Waals surface area contributed by atoms with Crippen molar-refractivity contribution in [3.8, 4) is 17.0 Å². The number of nitrogens with one attached hydrogen (secondary N) is 2. The van der Waals surface area contributed by atoms with E-state index in [-0.39, 0.29) is 22.6 Å². The van der Waals surface area contributed by atoms with Crippen LogP contribution in [0, 0.1) is 6.92 Å². The second kappa shape index (κ2) is 7.14. The van der Waals surface area contributed by atoms with E-state index in [1.54, 1.807) is 35.0 Å². The van der Waals surface area contributed by atoms with E-state index in [4.69, 9.17) is 0 Å². The van der Waals surface area contributed by atoms with E-state index in [2.05, 4.69) is 20.0 Å². The van der Waals surface area contributed by atoms with E-state index < -0.39 is 0 Å². The monoisotopic (exact) mass is 405 g/mol. The van der Waals surface area contributed by atoms with Gasteiger partial charge in [0.1, 0.15) is 17.0 Å². The Hall–Kier alpha value is -3.39. The second-order valence-electron chi connectivity index (χ2n) is 7.94. The molecule has 0 unspecified atom stereocenters. The SMILES string of the molecule is Cc1cc(O)c2nc(-c3cccc4c(=O)n(CCN5CCCC5)[nH]c34)c(=O)[nH]c2c1. The van der Waals surface area contributed by atoms with Gasteiger partial charge in [-0.2, -0.15) is 0 Å². The van der Waals surface area contributed by atoms with Crippen molar-refractivity contribution in [3.63, 3.8) is 0 Å². The largest absolute Gasteiger partial charge is 0.506 e. The molecule has 0 aliphatic carbocycles. The predicted octanol–water partition coefficient (Wildman–Crippen LogP) is 2.34. The Morgan fingerprint density at radius 3 is 2.73 bits per heavy atom. The number of rotatable bonds is 4. The van der Waals surface area contributed by atoms with Crippen molar-refractivity contribution in [2.45, 2.75) is 26.3 Å². The van der Waals surface area contributed by atoms with Crippen molar-refractivity contribution in [1.29, 1.82) is 0 Å². The summed E-state index contributed by atoms with van der Waals surface area (Å²) in [5.74, 6) is 0.00588. The van der Waals surface area contributed by atoms with Crippen LogP contribution in [0.3, 0.4) is 0 Å². The fraction of sp³-hybridized carbons (Fsp3) is 0.318.